The first kappa shape index (κ1) is 19.5. The Morgan fingerprint density at radius 3 is 2.35 bits per heavy atom. The molecule has 0 heterocycles. The predicted molar refractivity (Wildman–Crippen MR) is 103 cm³/mol. The third kappa shape index (κ3) is 6.24. The van der Waals surface area contributed by atoms with Crippen molar-refractivity contribution in [3.05, 3.63) is 60.2 Å². The summed E-state index contributed by atoms with van der Waals surface area (Å²) < 4.78 is 5.13. The maximum absolute atomic E-state index is 12.0. The lowest BCUT2D eigenvalue weighted by Gasteiger charge is -2.21. The van der Waals surface area contributed by atoms with E-state index >= 15 is 0 Å². The summed E-state index contributed by atoms with van der Waals surface area (Å²) in [6, 6.07) is 17.4. The lowest BCUT2D eigenvalue weighted by atomic mass is 10.1. The van der Waals surface area contributed by atoms with Gasteiger partial charge in [-0.1, -0.05) is 30.3 Å². The number of nitrogens with one attached hydrogen (secondary N) is 1. The van der Waals surface area contributed by atoms with Crippen molar-refractivity contribution in [3.8, 4) is 5.75 Å². The highest BCUT2D eigenvalue weighted by Gasteiger charge is 2.13. The monoisotopic (exact) mass is 354 g/mol. The molecule has 5 heteroatoms. The average molecular weight is 354 g/mol. The van der Waals surface area contributed by atoms with Crippen LogP contribution in [0.25, 0.3) is 0 Å². The van der Waals surface area contributed by atoms with E-state index in [1.807, 2.05) is 30.3 Å². The van der Waals surface area contributed by atoms with E-state index in [1.54, 1.807) is 24.1 Å². The van der Waals surface area contributed by atoms with Gasteiger partial charge in [0.2, 0.25) is 11.8 Å². The van der Waals surface area contributed by atoms with Gasteiger partial charge in [0.25, 0.3) is 0 Å². The number of nitrogens with zero attached hydrogens (tertiary/aromatic N) is 1. The molecule has 0 aliphatic heterocycles. The lowest BCUT2D eigenvalue weighted by Crippen LogP contribution is -2.34. The molecule has 0 aliphatic rings. The van der Waals surface area contributed by atoms with Gasteiger partial charge in [0, 0.05) is 32.1 Å². The molecule has 0 spiro atoms. The standard InChI is InChI=1S/C21H26N2O3/c1-17(24)23(19-10-12-20(26-2)13-11-19)16-14-21(25)22-15-6-9-18-7-4-3-5-8-18/h3-5,7-8,10-13H,6,9,14-16H2,1-2H3,(H,22,25). The van der Waals surface area contributed by atoms with Gasteiger partial charge < -0.3 is 15.0 Å². The number of hydrogen-bond donors (Lipinski definition) is 1. The smallest absolute Gasteiger partial charge is 0.223 e. The van der Waals surface area contributed by atoms with Crippen LogP contribution in [0.3, 0.4) is 0 Å². The minimum absolute atomic E-state index is 0.0437. The van der Waals surface area contributed by atoms with Crippen LogP contribution in [-0.4, -0.2) is 32.0 Å². The van der Waals surface area contributed by atoms with E-state index < -0.39 is 0 Å². The van der Waals surface area contributed by atoms with Gasteiger partial charge in [-0.15, -0.1) is 0 Å². The largest absolute Gasteiger partial charge is 0.497 e. The van der Waals surface area contributed by atoms with Crippen LogP contribution in [0, 0.1) is 0 Å². The first-order valence-electron chi connectivity index (χ1n) is 8.83. The number of rotatable bonds is 9. The van der Waals surface area contributed by atoms with Gasteiger partial charge in [0.1, 0.15) is 5.75 Å². The molecule has 0 saturated carbocycles. The van der Waals surface area contributed by atoms with Crippen LogP contribution in [-0.2, 0) is 16.0 Å². The van der Waals surface area contributed by atoms with Crippen molar-refractivity contribution in [2.75, 3.05) is 25.1 Å². The molecule has 0 aromatic heterocycles. The van der Waals surface area contributed by atoms with Crippen LogP contribution in [0.1, 0.15) is 25.3 Å². The van der Waals surface area contributed by atoms with Crippen molar-refractivity contribution in [1.29, 1.82) is 0 Å². The van der Waals surface area contributed by atoms with Crippen LogP contribution < -0.4 is 15.0 Å². The number of anilines is 1. The van der Waals surface area contributed by atoms with Crippen molar-refractivity contribution in [2.45, 2.75) is 26.2 Å². The Balaban J connectivity index is 1.75. The Hall–Kier alpha value is -2.82. The Kier molecular flexibility index (Phi) is 7.68. The number of aryl methyl sites for hydroxylation is 1. The Morgan fingerprint density at radius 1 is 1.04 bits per heavy atom. The third-order valence-corrected chi connectivity index (χ3v) is 4.13. The van der Waals surface area contributed by atoms with E-state index in [2.05, 4.69) is 17.4 Å². The Labute approximate surface area is 155 Å². The van der Waals surface area contributed by atoms with Gasteiger partial charge in [-0.3, -0.25) is 9.59 Å². The second kappa shape index (κ2) is 10.2. The van der Waals surface area contributed by atoms with Gasteiger partial charge in [0.15, 0.2) is 0 Å². The fourth-order valence-corrected chi connectivity index (χ4v) is 2.70. The first-order chi connectivity index (χ1) is 12.6. The molecule has 138 valence electrons. The fraction of sp³-hybridized carbons (Fsp3) is 0.333. The zero-order chi connectivity index (χ0) is 18.8. The predicted octanol–water partition coefficient (Wildman–Crippen LogP) is 3.19. The SMILES string of the molecule is COc1ccc(N(CCC(=O)NCCCc2ccccc2)C(C)=O)cc1. The molecule has 2 amide bonds. The molecule has 0 atom stereocenters. The summed E-state index contributed by atoms with van der Waals surface area (Å²) in [6.45, 7) is 2.49. The molecule has 5 nitrogen and oxygen atoms in total. The molecule has 0 saturated heterocycles. The van der Waals surface area contributed by atoms with Gasteiger partial charge >= 0.3 is 0 Å². The van der Waals surface area contributed by atoms with E-state index in [0.29, 0.717) is 13.1 Å². The number of ether oxygens (including phenoxy) is 1. The zero-order valence-electron chi connectivity index (χ0n) is 15.4. The molecule has 26 heavy (non-hydrogen) atoms. The number of methoxy groups -OCH3 is 1. The first-order valence-corrected chi connectivity index (χ1v) is 8.83. The maximum Gasteiger partial charge on any atom is 0.223 e. The Bertz CT molecular complexity index is 699. The van der Waals surface area contributed by atoms with Gasteiger partial charge in [-0.25, -0.2) is 0 Å². The minimum Gasteiger partial charge on any atom is -0.497 e. The highest BCUT2D eigenvalue weighted by Crippen LogP contribution is 2.19. The van der Waals surface area contributed by atoms with E-state index in [9.17, 15) is 9.59 Å². The molecular weight excluding hydrogens is 328 g/mol. The molecule has 2 aromatic carbocycles. The number of carbonyl (C=O) groups is 2. The summed E-state index contributed by atoms with van der Waals surface area (Å²) in [5, 5.41) is 2.92. The van der Waals surface area contributed by atoms with Gasteiger partial charge in [0.05, 0.1) is 7.11 Å². The minimum atomic E-state index is -0.0907. The molecule has 0 unspecified atom stereocenters. The Morgan fingerprint density at radius 2 is 1.73 bits per heavy atom. The lowest BCUT2D eigenvalue weighted by molar-refractivity contribution is -0.121. The third-order valence-electron chi connectivity index (χ3n) is 4.13. The summed E-state index contributed by atoms with van der Waals surface area (Å²) in [6.07, 6.45) is 2.11. The van der Waals surface area contributed by atoms with Crippen molar-refractivity contribution < 1.29 is 14.3 Å². The highest BCUT2D eigenvalue weighted by molar-refractivity contribution is 5.92. The molecule has 0 bridgehead atoms. The van der Waals surface area contributed by atoms with Crippen LogP contribution in [0.15, 0.2) is 54.6 Å². The second-order valence-corrected chi connectivity index (χ2v) is 6.06. The van der Waals surface area contributed by atoms with Gasteiger partial charge in [-0.2, -0.15) is 0 Å². The number of benzene rings is 2. The zero-order valence-corrected chi connectivity index (χ0v) is 15.4. The fourth-order valence-electron chi connectivity index (χ4n) is 2.70. The van der Waals surface area contributed by atoms with Crippen molar-refractivity contribution in [3.63, 3.8) is 0 Å². The van der Waals surface area contributed by atoms with Crippen molar-refractivity contribution in [1.82, 2.24) is 5.32 Å². The van der Waals surface area contributed by atoms with Crippen molar-refractivity contribution >= 4 is 17.5 Å². The second-order valence-electron chi connectivity index (χ2n) is 6.06. The highest BCUT2D eigenvalue weighted by atomic mass is 16.5. The molecule has 0 aliphatic carbocycles. The number of hydrogen-bond acceptors (Lipinski definition) is 3. The summed E-state index contributed by atoms with van der Waals surface area (Å²) >= 11 is 0. The quantitative estimate of drug-likeness (QED) is 0.704. The molecule has 0 fully saturated rings. The van der Waals surface area contributed by atoms with Gasteiger partial charge in [-0.05, 0) is 42.7 Å². The summed E-state index contributed by atoms with van der Waals surface area (Å²) in [5.41, 5.74) is 2.03. The molecule has 2 aromatic rings. The normalized spacial score (nSPS) is 10.2. The maximum atomic E-state index is 12.0. The topological polar surface area (TPSA) is 58.6 Å². The average Bonchev–Trinajstić information content (AvgIpc) is 2.66. The van der Waals surface area contributed by atoms with Crippen LogP contribution in [0.4, 0.5) is 5.69 Å². The van der Waals surface area contributed by atoms with Crippen LogP contribution in [0.5, 0.6) is 5.75 Å². The summed E-state index contributed by atoms with van der Waals surface area (Å²) in [7, 11) is 1.60. The van der Waals surface area contributed by atoms with E-state index in [1.165, 1.54) is 12.5 Å². The summed E-state index contributed by atoms with van der Waals surface area (Å²) in [4.78, 5) is 25.5. The summed E-state index contributed by atoms with van der Waals surface area (Å²) in [5.74, 6) is 0.596. The van der Waals surface area contributed by atoms with Crippen LogP contribution >= 0.6 is 0 Å². The molecule has 1 N–H and O–H groups in total. The number of carbonyl (C=O) groups excluding carboxylic acids is 2. The van der Waals surface area contributed by atoms with E-state index in [4.69, 9.17) is 4.74 Å². The van der Waals surface area contributed by atoms with Crippen LogP contribution in [0.2, 0.25) is 0 Å². The van der Waals surface area contributed by atoms with E-state index in [0.717, 1.165) is 24.3 Å². The van der Waals surface area contributed by atoms with E-state index in [-0.39, 0.29) is 18.2 Å². The number of amides is 2. The molecule has 0 radical (unpaired) electrons. The molecular formula is C21H26N2O3. The van der Waals surface area contributed by atoms with Crippen molar-refractivity contribution in [2.24, 2.45) is 0 Å². The molecule has 2 rings (SSSR count).